The van der Waals surface area contributed by atoms with Crippen LogP contribution in [-0.2, 0) is 7.05 Å². The van der Waals surface area contributed by atoms with Crippen LogP contribution in [0.5, 0.6) is 11.5 Å². The highest BCUT2D eigenvalue weighted by molar-refractivity contribution is 6.02. The molecule has 158 valence electrons. The monoisotopic (exact) mass is 419 g/mol. The van der Waals surface area contributed by atoms with Gasteiger partial charge in [-0.25, -0.2) is 19.3 Å². The fraction of sp³-hybridized carbons (Fsp3) is 0.182. The van der Waals surface area contributed by atoms with Crippen molar-refractivity contribution in [3.8, 4) is 28.6 Å². The van der Waals surface area contributed by atoms with Gasteiger partial charge in [0.15, 0.2) is 17.2 Å². The van der Waals surface area contributed by atoms with Crippen LogP contribution in [0.15, 0.2) is 53.3 Å². The Morgan fingerprint density at radius 1 is 1.10 bits per heavy atom. The van der Waals surface area contributed by atoms with E-state index in [-0.39, 0.29) is 22.7 Å². The maximum Gasteiger partial charge on any atom is 0.334 e. The first-order valence-corrected chi connectivity index (χ1v) is 9.62. The Balaban J connectivity index is 2.03. The van der Waals surface area contributed by atoms with E-state index in [1.54, 1.807) is 55.6 Å². The van der Waals surface area contributed by atoms with Gasteiger partial charge in [0.25, 0.3) is 5.91 Å². The molecule has 1 amide bonds. The molecule has 0 radical (unpaired) electrons. The lowest BCUT2D eigenvalue weighted by Gasteiger charge is -2.10. The number of primary amides is 1. The molecule has 31 heavy (non-hydrogen) atoms. The number of ether oxygens (including phenoxy) is 2. The minimum Gasteiger partial charge on any atom is -0.495 e. The zero-order valence-corrected chi connectivity index (χ0v) is 17.3. The molecule has 0 spiro atoms. The summed E-state index contributed by atoms with van der Waals surface area (Å²) in [5.74, 6) is 0.693. The summed E-state index contributed by atoms with van der Waals surface area (Å²) < 4.78 is 13.6. The molecule has 0 saturated carbocycles. The third kappa shape index (κ3) is 3.39. The quantitative estimate of drug-likeness (QED) is 0.513. The highest BCUT2D eigenvalue weighted by atomic mass is 16.5. The molecule has 0 saturated heterocycles. The van der Waals surface area contributed by atoms with Gasteiger partial charge in [0.1, 0.15) is 17.0 Å². The summed E-state index contributed by atoms with van der Waals surface area (Å²) in [6.45, 7) is 2.44. The molecule has 0 atom stereocenters. The molecule has 2 aromatic heterocycles. The molecule has 0 aliphatic rings. The van der Waals surface area contributed by atoms with E-state index in [1.165, 1.54) is 16.2 Å². The second-order valence-electron chi connectivity index (χ2n) is 6.74. The molecule has 9 nitrogen and oxygen atoms in total. The van der Waals surface area contributed by atoms with Crippen LogP contribution in [0.4, 0.5) is 0 Å². The van der Waals surface area contributed by atoms with E-state index in [0.29, 0.717) is 29.4 Å². The van der Waals surface area contributed by atoms with E-state index in [4.69, 9.17) is 15.2 Å². The number of imidazole rings is 1. The second kappa shape index (κ2) is 7.94. The van der Waals surface area contributed by atoms with Crippen LogP contribution in [0.2, 0.25) is 0 Å². The van der Waals surface area contributed by atoms with E-state index in [2.05, 4.69) is 9.97 Å². The first kappa shape index (κ1) is 20.1. The summed E-state index contributed by atoms with van der Waals surface area (Å²) in [7, 11) is 3.06. The van der Waals surface area contributed by atoms with Gasteiger partial charge in [-0.3, -0.25) is 9.36 Å². The largest absolute Gasteiger partial charge is 0.495 e. The number of amides is 1. The minimum atomic E-state index is -0.757. The number of nitrogens with two attached hydrogens (primary N) is 1. The number of carbonyl (C=O) groups excluding carboxylic acids is 1. The number of carbonyl (C=O) groups is 1. The third-order valence-electron chi connectivity index (χ3n) is 4.87. The Bertz CT molecular complexity index is 1340. The van der Waals surface area contributed by atoms with Crippen LogP contribution in [0.1, 0.15) is 17.4 Å². The smallest absolute Gasteiger partial charge is 0.334 e. The van der Waals surface area contributed by atoms with Crippen molar-refractivity contribution < 1.29 is 14.3 Å². The van der Waals surface area contributed by atoms with Crippen LogP contribution in [0, 0.1) is 0 Å². The van der Waals surface area contributed by atoms with Crippen LogP contribution in [-0.4, -0.2) is 38.7 Å². The number of hydrogen-bond donors (Lipinski definition) is 1. The van der Waals surface area contributed by atoms with Crippen molar-refractivity contribution in [3.05, 3.63) is 64.7 Å². The lowest BCUT2D eigenvalue weighted by Crippen LogP contribution is -2.22. The lowest BCUT2D eigenvalue weighted by molar-refractivity contribution is 0.0997. The van der Waals surface area contributed by atoms with Gasteiger partial charge in [0.2, 0.25) is 0 Å². The van der Waals surface area contributed by atoms with Gasteiger partial charge in [-0.1, -0.05) is 12.1 Å². The molecule has 4 aromatic rings. The van der Waals surface area contributed by atoms with Crippen LogP contribution in [0.3, 0.4) is 0 Å². The Labute approximate surface area is 177 Å². The van der Waals surface area contributed by atoms with Gasteiger partial charge in [0.05, 0.1) is 19.4 Å². The van der Waals surface area contributed by atoms with Crippen molar-refractivity contribution in [3.63, 3.8) is 0 Å². The molecule has 2 aromatic carbocycles. The fourth-order valence-electron chi connectivity index (χ4n) is 3.44. The van der Waals surface area contributed by atoms with E-state index >= 15 is 0 Å². The van der Waals surface area contributed by atoms with Gasteiger partial charge in [-0.15, -0.1) is 0 Å². The molecule has 2 N–H and O–H groups in total. The number of fused-ring (bicyclic) bond motifs is 1. The second-order valence-corrected chi connectivity index (χ2v) is 6.74. The molecule has 0 fully saturated rings. The molecular weight excluding hydrogens is 398 g/mol. The van der Waals surface area contributed by atoms with Crippen molar-refractivity contribution in [2.24, 2.45) is 12.8 Å². The number of rotatable bonds is 6. The Hall–Kier alpha value is -4.14. The van der Waals surface area contributed by atoms with Crippen molar-refractivity contribution in [1.82, 2.24) is 19.1 Å². The molecule has 0 aliphatic heterocycles. The predicted octanol–water partition coefficient (Wildman–Crippen LogP) is 2.29. The highest BCUT2D eigenvalue weighted by Crippen LogP contribution is 2.27. The predicted molar refractivity (Wildman–Crippen MR) is 116 cm³/mol. The number of para-hydroxylation sites is 2. The molecule has 4 rings (SSSR count). The zero-order valence-electron chi connectivity index (χ0n) is 17.3. The van der Waals surface area contributed by atoms with Crippen molar-refractivity contribution in [1.29, 1.82) is 0 Å². The normalized spacial score (nSPS) is 10.9. The van der Waals surface area contributed by atoms with Gasteiger partial charge in [-0.2, -0.15) is 0 Å². The number of aryl methyl sites for hydroxylation is 1. The summed E-state index contributed by atoms with van der Waals surface area (Å²) in [6.07, 6.45) is 0. The third-order valence-corrected chi connectivity index (χ3v) is 4.87. The lowest BCUT2D eigenvalue weighted by atomic mass is 10.2. The average Bonchev–Trinajstić information content (AvgIpc) is 3.03. The molecule has 0 aliphatic carbocycles. The molecular formula is C22H21N5O4. The summed E-state index contributed by atoms with van der Waals surface area (Å²) >= 11 is 0. The van der Waals surface area contributed by atoms with E-state index in [9.17, 15) is 9.59 Å². The maximum atomic E-state index is 13.1. The summed E-state index contributed by atoms with van der Waals surface area (Å²) in [5, 5.41) is 0. The number of aromatic nitrogens is 4. The van der Waals surface area contributed by atoms with E-state index in [0.717, 1.165) is 0 Å². The average molecular weight is 419 g/mol. The van der Waals surface area contributed by atoms with Gasteiger partial charge in [-0.05, 0) is 43.3 Å². The van der Waals surface area contributed by atoms with Gasteiger partial charge < -0.3 is 15.2 Å². The Morgan fingerprint density at radius 3 is 2.45 bits per heavy atom. The van der Waals surface area contributed by atoms with Crippen LogP contribution < -0.4 is 20.9 Å². The molecule has 0 bridgehead atoms. The fourth-order valence-corrected chi connectivity index (χ4v) is 3.44. The summed E-state index contributed by atoms with van der Waals surface area (Å²) in [5.41, 5.74) is 6.82. The first-order chi connectivity index (χ1) is 15.0. The van der Waals surface area contributed by atoms with E-state index < -0.39 is 11.6 Å². The van der Waals surface area contributed by atoms with Crippen molar-refractivity contribution in [2.45, 2.75) is 6.92 Å². The number of methoxy groups -OCH3 is 1. The first-order valence-electron chi connectivity index (χ1n) is 9.62. The molecule has 9 heteroatoms. The summed E-state index contributed by atoms with van der Waals surface area (Å²) in [6, 6.07) is 14.2. The van der Waals surface area contributed by atoms with Crippen molar-refractivity contribution >= 4 is 17.1 Å². The minimum absolute atomic E-state index is 0.0397. The number of nitrogens with zero attached hydrogens (tertiary/aromatic N) is 4. The maximum absolute atomic E-state index is 13.1. The van der Waals surface area contributed by atoms with Crippen LogP contribution >= 0.6 is 0 Å². The standard InChI is InChI=1S/C22H21N5O4/c1-4-31-14-11-9-13(10-12-14)20-24-17(19(23)28)18-21(25-20)27(22(29)26(18)2)15-7-5-6-8-16(15)30-3/h5-12H,4H2,1-3H3,(H2,23,28). The SMILES string of the molecule is CCOc1ccc(-c2nc(C(N)=O)c3c(n2)n(-c2ccccc2OC)c(=O)n3C)cc1. The highest BCUT2D eigenvalue weighted by Gasteiger charge is 2.24. The Kier molecular flexibility index (Phi) is 5.16. The van der Waals surface area contributed by atoms with Crippen molar-refractivity contribution in [2.75, 3.05) is 13.7 Å². The number of benzene rings is 2. The summed E-state index contributed by atoms with van der Waals surface area (Å²) in [4.78, 5) is 34.4. The van der Waals surface area contributed by atoms with Gasteiger partial charge >= 0.3 is 5.69 Å². The molecule has 2 heterocycles. The topological polar surface area (TPSA) is 114 Å². The van der Waals surface area contributed by atoms with E-state index in [1.807, 2.05) is 6.92 Å². The van der Waals surface area contributed by atoms with Crippen LogP contribution in [0.25, 0.3) is 28.2 Å². The Morgan fingerprint density at radius 2 is 1.81 bits per heavy atom. The zero-order chi connectivity index (χ0) is 22.1. The van der Waals surface area contributed by atoms with Gasteiger partial charge in [0, 0.05) is 12.6 Å². The molecule has 0 unspecified atom stereocenters. The number of hydrogen-bond acceptors (Lipinski definition) is 6.